The maximum absolute atomic E-state index is 12.8. The van der Waals surface area contributed by atoms with Crippen LogP contribution in [-0.2, 0) is 0 Å². The van der Waals surface area contributed by atoms with Crippen LogP contribution in [0.15, 0.2) is 28.7 Å². The Kier molecular flexibility index (Phi) is 5.50. The number of alkyl halides is 6. The summed E-state index contributed by atoms with van der Waals surface area (Å²) in [6, 6.07) is 5.34. The first-order chi connectivity index (χ1) is 9.94. The Morgan fingerprint density at radius 1 is 1.05 bits per heavy atom. The van der Waals surface area contributed by atoms with E-state index in [1.807, 2.05) is 0 Å². The number of hydrogen-bond acceptors (Lipinski definition) is 2. The van der Waals surface area contributed by atoms with Crippen molar-refractivity contribution in [2.24, 2.45) is 0 Å². The number of benzene rings is 1. The van der Waals surface area contributed by atoms with Gasteiger partial charge in [-0.25, -0.2) is 5.43 Å². The minimum atomic E-state index is -5.63. The molecule has 0 fully saturated rings. The topological polar surface area (TPSA) is 41.1 Å². The summed E-state index contributed by atoms with van der Waals surface area (Å²) in [5, 5.41) is 0. The van der Waals surface area contributed by atoms with E-state index >= 15 is 0 Å². The van der Waals surface area contributed by atoms with E-state index in [4.69, 9.17) is 0 Å². The normalized spacial score (nSPS) is 13.1. The average Bonchev–Trinajstić information content (AvgIpc) is 2.37. The van der Waals surface area contributed by atoms with Crippen LogP contribution in [0.25, 0.3) is 0 Å². The fourth-order valence-corrected chi connectivity index (χ4v) is 1.89. The van der Waals surface area contributed by atoms with Gasteiger partial charge in [0.2, 0.25) is 5.54 Å². The summed E-state index contributed by atoms with van der Waals surface area (Å²) in [7, 11) is 0. The summed E-state index contributed by atoms with van der Waals surface area (Å²) in [4.78, 5) is 11.6. The van der Waals surface area contributed by atoms with Crippen molar-refractivity contribution in [2.45, 2.75) is 31.2 Å². The molecule has 0 saturated carbocycles. The summed E-state index contributed by atoms with van der Waals surface area (Å²) in [5.41, 5.74) is -1.72. The molecule has 22 heavy (non-hydrogen) atoms. The monoisotopic (exact) mass is 392 g/mol. The highest BCUT2D eigenvalue weighted by Crippen LogP contribution is 2.44. The van der Waals surface area contributed by atoms with Gasteiger partial charge in [0, 0.05) is 10.0 Å². The van der Waals surface area contributed by atoms with Crippen molar-refractivity contribution in [3.8, 4) is 0 Å². The molecule has 0 aliphatic rings. The van der Waals surface area contributed by atoms with Crippen LogP contribution < -0.4 is 10.9 Å². The zero-order valence-corrected chi connectivity index (χ0v) is 12.7. The molecule has 0 saturated heterocycles. The van der Waals surface area contributed by atoms with Gasteiger partial charge < -0.3 is 0 Å². The number of nitrogens with one attached hydrogen (secondary N) is 2. The van der Waals surface area contributed by atoms with Crippen molar-refractivity contribution >= 4 is 21.8 Å². The molecule has 0 spiro atoms. The average molecular weight is 393 g/mol. The molecule has 1 aromatic carbocycles. The van der Waals surface area contributed by atoms with Crippen LogP contribution in [0.5, 0.6) is 0 Å². The predicted octanol–water partition coefficient (Wildman–Crippen LogP) is 3.96. The zero-order chi connectivity index (χ0) is 17.2. The van der Waals surface area contributed by atoms with Crippen molar-refractivity contribution in [1.82, 2.24) is 10.9 Å². The van der Waals surface area contributed by atoms with Gasteiger partial charge in [-0.05, 0) is 30.7 Å². The van der Waals surface area contributed by atoms with Gasteiger partial charge in [-0.1, -0.05) is 22.9 Å². The number of halogens is 7. The fourth-order valence-electron chi connectivity index (χ4n) is 1.63. The number of rotatable bonds is 4. The van der Waals surface area contributed by atoms with Crippen LogP contribution in [0.4, 0.5) is 26.3 Å². The summed E-state index contributed by atoms with van der Waals surface area (Å²) < 4.78 is 77.6. The summed E-state index contributed by atoms with van der Waals surface area (Å²) in [6.07, 6.45) is -12.6. The molecule has 0 aliphatic carbocycles. The third kappa shape index (κ3) is 3.72. The highest BCUT2D eigenvalue weighted by atomic mass is 79.9. The van der Waals surface area contributed by atoms with Crippen LogP contribution in [0.1, 0.15) is 23.7 Å². The highest BCUT2D eigenvalue weighted by Gasteiger charge is 2.70. The van der Waals surface area contributed by atoms with E-state index in [9.17, 15) is 31.1 Å². The van der Waals surface area contributed by atoms with E-state index in [0.717, 1.165) is 12.3 Å². The molecule has 0 unspecified atom stereocenters. The number of hydrazine groups is 1. The van der Waals surface area contributed by atoms with E-state index in [2.05, 4.69) is 15.9 Å². The second kappa shape index (κ2) is 6.45. The number of carbonyl (C=O) groups excluding carboxylic acids is 1. The molecule has 1 rings (SSSR count). The Labute approximate surface area is 130 Å². The van der Waals surface area contributed by atoms with E-state index in [1.54, 1.807) is 0 Å². The summed E-state index contributed by atoms with van der Waals surface area (Å²) in [6.45, 7) is 0.722. The molecule has 0 atom stereocenters. The fraction of sp³-hybridized carbons (Fsp3) is 0.417. The van der Waals surface area contributed by atoms with Crippen LogP contribution in [0, 0.1) is 0 Å². The van der Waals surface area contributed by atoms with Gasteiger partial charge in [0.1, 0.15) is 0 Å². The second-order valence-electron chi connectivity index (χ2n) is 4.34. The maximum atomic E-state index is 12.8. The van der Waals surface area contributed by atoms with Gasteiger partial charge in [0.05, 0.1) is 0 Å². The smallest absolute Gasteiger partial charge is 0.286 e. The maximum Gasteiger partial charge on any atom is 0.417 e. The van der Waals surface area contributed by atoms with E-state index < -0.39 is 30.2 Å². The first-order valence-electron chi connectivity index (χ1n) is 5.91. The molecule has 2 N–H and O–H groups in total. The molecule has 1 aromatic rings. The van der Waals surface area contributed by atoms with Gasteiger partial charge in [-0.3, -0.25) is 10.2 Å². The van der Waals surface area contributed by atoms with Crippen LogP contribution in [-0.4, -0.2) is 23.8 Å². The number of hydrogen-bond donors (Lipinski definition) is 2. The lowest BCUT2D eigenvalue weighted by atomic mass is 9.95. The Morgan fingerprint density at radius 3 is 1.86 bits per heavy atom. The molecule has 0 heterocycles. The van der Waals surface area contributed by atoms with Gasteiger partial charge in [-0.2, -0.15) is 26.3 Å². The van der Waals surface area contributed by atoms with Crippen molar-refractivity contribution in [1.29, 1.82) is 0 Å². The first kappa shape index (κ1) is 18.8. The van der Waals surface area contributed by atoms with Gasteiger partial charge in [0.25, 0.3) is 5.91 Å². The molecule has 0 radical (unpaired) electrons. The molecule has 0 aliphatic heterocycles. The molecule has 3 nitrogen and oxygen atoms in total. The van der Waals surface area contributed by atoms with Crippen molar-refractivity contribution in [3.63, 3.8) is 0 Å². The number of amides is 1. The third-order valence-electron chi connectivity index (χ3n) is 2.99. The van der Waals surface area contributed by atoms with E-state index in [-0.39, 0.29) is 5.56 Å². The minimum absolute atomic E-state index is 0.0925. The molecule has 1 amide bonds. The van der Waals surface area contributed by atoms with Crippen molar-refractivity contribution in [3.05, 3.63) is 34.3 Å². The highest BCUT2D eigenvalue weighted by molar-refractivity contribution is 9.10. The van der Waals surface area contributed by atoms with Crippen LogP contribution >= 0.6 is 15.9 Å². The molecular formula is C12H11BrF6N2O. The lowest BCUT2D eigenvalue weighted by Gasteiger charge is -2.37. The summed E-state index contributed by atoms with van der Waals surface area (Å²) >= 11 is 3.08. The second-order valence-corrected chi connectivity index (χ2v) is 5.26. The summed E-state index contributed by atoms with van der Waals surface area (Å²) in [5.74, 6) is -1.11. The molecule has 124 valence electrons. The van der Waals surface area contributed by atoms with E-state index in [1.165, 1.54) is 29.7 Å². The van der Waals surface area contributed by atoms with Crippen LogP contribution in [0.3, 0.4) is 0 Å². The predicted molar refractivity (Wildman–Crippen MR) is 69.9 cm³/mol. The molecule has 10 heteroatoms. The SMILES string of the molecule is CCC(NNC(=O)c1ccc(Br)cc1)(C(F)(F)F)C(F)(F)F. The number of carbonyl (C=O) groups is 1. The minimum Gasteiger partial charge on any atom is -0.286 e. The Balaban J connectivity index is 2.97. The quantitative estimate of drug-likeness (QED) is 0.601. The lowest BCUT2D eigenvalue weighted by Crippen LogP contribution is -2.69. The van der Waals surface area contributed by atoms with Gasteiger partial charge >= 0.3 is 12.4 Å². The first-order valence-corrected chi connectivity index (χ1v) is 6.70. The standard InChI is InChI=1S/C12H11BrF6N2O/c1-2-10(11(14,15)16,12(17,18)19)21-20-9(22)7-3-5-8(13)6-4-7/h3-6,21H,2H2,1H3,(H,20,22). The zero-order valence-electron chi connectivity index (χ0n) is 11.1. The molecular weight excluding hydrogens is 382 g/mol. The van der Waals surface area contributed by atoms with Gasteiger partial charge in [-0.15, -0.1) is 0 Å². The molecule has 0 bridgehead atoms. The van der Waals surface area contributed by atoms with Crippen molar-refractivity contribution in [2.75, 3.05) is 0 Å². The van der Waals surface area contributed by atoms with Gasteiger partial charge in [0.15, 0.2) is 0 Å². The van der Waals surface area contributed by atoms with Crippen molar-refractivity contribution < 1.29 is 31.1 Å². The third-order valence-corrected chi connectivity index (χ3v) is 3.52. The Hall–Kier alpha value is -1.29. The lowest BCUT2D eigenvalue weighted by molar-refractivity contribution is -0.310. The van der Waals surface area contributed by atoms with E-state index in [0.29, 0.717) is 4.47 Å². The van der Waals surface area contributed by atoms with Crippen LogP contribution in [0.2, 0.25) is 0 Å². The Morgan fingerprint density at radius 2 is 1.50 bits per heavy atom. The largest absolute Gasteiger partial charge is 0.417 e. The Bertz CT molecular complexity index is 512. The molecule has 0 aromatic heterocycles.